The van der Waals surface area contributed by atoms with Crippen molar-refractivity contribution in [1.82, 2.24) is 5.32 Å². The highest BCUT2D eigenvalue weighted by Crippen LogP contribution is 2.38. The topological polar surface area (TPSA) is 92.4 Å². The van der Waals surface area contributed by atoms with Gasteiger partial charge in [-0.1, -0.05) is 39.3 Å². The molecule has 1 aromatic carbocycles. The first-order valence-corrected chi connectivity index (χ1v) is 9.15. The van der Waals surface area contributed by atoms with Crippen molar-refractivity contribution in [2.45, 2.75) is 52.5 Å². The summed E-state index contributed by atoms with van der Waals surface area (Å²) < 4.78 is 0. The molecule has 4 atom stereocenters. The molecular weight excluding hydrogens is 316 g/mol. The fraction of sp³-hybridized carbons (Fsp3) is 0.600. The lowest BCUT2D eigenvalue weighted by atomic mass is 9.69. The summed E-state index contributed by atoms with van der Waals surface area (Å²) in [5.74, 6) is 0.810. The van der Waals surface area contributed by atoms with Gasteiger partial charge in [-0.15, -0.1) is 0 Å². The second kappa shape index (κ2) is 8.37. The van der Waals surface area contributed by atoms with Crippen LogP contribution in [0.4, 0.5) is 0 Å². The van der Waals surface area contributed by atoms with Crippen LogP contribution in [0.25, 0.3) is 0 Å². The van der Waals surface area contributed by atoms with Gasteiger partial charge in [0.25, 0.3) is 0 Å². The van der Waals surface area contributed by atoms with Crippen LogP contribution in [0.15, 0.2) is 24.3 Å². The van der Waals surface area contributed by atoms with E-state index in [9.17, 15) is 14.7 Å². The molecule has 1 unspecified atom stereocenters. The summed E-state index contributed by atoms with van der Waals surface area (Å²) in [4.78, 5) is 24.7. The number of carbonyl (C=O) groups excluding carboxylic acids is 2. The number of nitrogens with one attached hydrogen (secondary N) is 1. The molecule has 1 fully saturated rings. The lowest BCUT2D eigenvalue weighted by Crippen LogP contribution is -2.50. The van der Waals surface area contributed by atoms with Gasteiger partial charge in [-0.2, -0.15) is 0 Å². The average molecular weight is 346 g/mol. The molecule has 1 saturated carbocycles. The van der Waals surface area contributed by atoms with E-state index in [1.807, 2.05) is 0 Å². The standard InChI is InChI=1S/C20H30N2O3/c1-12(2)16-9-4-13(3)10-17(16)20(25)22-18(19(21)24)11-14-5-7-15(23)8-6-14/h5-8,12-13,16-18,23H,4,9-11H2,1-3H3,(H2,21,24)(H,22,25)/t13-,16+,17-,18?/m1/s1. The molecule has 4 N–H and O–H groups in total. The lowest BCUT2D eigenvalue weighted by molar-refractivity contribution is -0.133. The number of rotatable bonds is 6. The Labute approximate surface area is 150 Å². The van der Waals surface area contributed by atoms with Crippen LogP contribution in [0.1, 0.15) is 45.6 Å². The van der Waals surface area contributed by atoms with Gasteiger partial charge in [-0.3, -0.25) is 9.59 Å². The summed E-state index contributed by atoms with van der Waals surface area (Å²) >= 11 is 0. The van der Waals surface area contributed by atoms with Crippen LogP contribution < -0.4 is 11.1 Å². The van der Waals surface area contributed by atoms with E-state index in [2.05, 4.69) is 26.1 Å². The van der Waals surface area contributed by atoms with E-state index < -0.39 is 11.9 Å². The molecular formula is C20H30N2O3. The Balaban J connectivity index is 2.07. The fourth-order valence-electron chi connectivity index (χ4n) is 3.87. The molecule has 1 aliphatic carbocycles. The van der Waals surface area contributed by atoms with Crippen molar-refractivity contribution in [3.05, 3.63) is 29.8 Å². The van der Waals surface area contributed by atoms with Crippen molar-refractivity contribution in [2.75, 3.05) is 0 Å². The van der Waals surface area contributed by atoms with Crippen molar-refractivity contribution in [3.63, 3.8) is 0 Å². The van der Waals surface area contributed by atoms with Crippen molar-refractivity contribution in [2.24, 2.45) is 29.4 Å². The quantitative estimate of drug-likeness (QED) is 0.739. The zero-order chi connectivity index (χ0) is 18.6. The number of primary amides is 1. The maximum absolute atomic E-state index is 12.9. The van der Waals surface area contributed by atoms with Gasteiger partial charge in [0.2, 0.25) is 11.8 Å². The smallest absolute Gasteiger partial charge is 0.240 e. The molecule has 1 aromatic rings. The Kier molecular flexibility index (Phi) is 6.45. The molecule has 0 bridgehead atoms. The third kappa shape index (κ3) is 5.21. The Morgan fingerprint density at radius 2 is 1.88 bits per heavy atom. The van der Waals surface area contributed by atoms with Crippen molar-refractivity contribution in [3.8, 4) is 5.75 Å². The minimum Gasteiger partial charge on any atom is -0.508 e. The number of carbonyl (C=O) groups is 2. The molecule has 1 aliphatic rings. The van der Waals surface area contributed by atoms with E-state index in [4.69, 9.17) is 5.73 Å². The van der Waals surface area contributed by atoms with Crippen LogP contribution in [0.2, 0.25) is 0 Å². The predicted octanol–water partition coefficient (Wildman–Crippen LogP) is 2.61. The first-order chi connectivity index (χ1) is 11.8. The molecule has 0 saturated heterocycles. The van der Waals surface area contributed by atoms with Crippen molar-refractivity contribution < 1.29 is 14.7 Å². The average Bonchev–Trinajstić information content (AvgIpc) is 2.55. The Morgan fingerprint density at radius 1 is 1.24 bits per heavy atom. The minimum absolute atomic E-state index is 0.0622. The van der Waals surface area contributed by atoms with E-state index in [0.717, 1.165) is 24.8 Å². The van der Waals surface area contributed by atoms with E-state index in [1.165, 1.54) is 0 Å². The van der Waals surface area contributed by atoms with Gasteiger partial charge >= 0.3 is 0 Å². The number of benzene rings is 1. The van der Waals surface area contributed by atoms with Gasteiger partial charge in [0.15, 0.2) is 0 Å². The SMILES string of the molecule is CC(C)[C@@H]1CC[C@@H](C)C[C@H]1C(=O)NC(Cc1ccc(O)cc1)C(N)=O. The molecule has 25 heavy (non-hydrogen) atoms. The number of phenols is 1. The first-order valence-electron chi connectivity index (χ1n) is 9.15. The first kappa shape index (κ1) is 19.3. The van der Waals surface area contributed by atoms with Crippen LogP contribution in [0, 0.1) is 23.7 Å². The number of hydrogen-bond acceptors (Lipinski definition) is 3. The molecule has 0 heterocycles. The summed E-state index contributed by atoms with van der Waals surface area (Å²) in [5, 5.41) is 12.2. The second-order valence-electron chi connectivity index (χ2n) is 7.77. The molecule has 0 aromatic heterocycles. The predicted molar refractivity (Wildman–Crippen MR) is 97.8 cm³/mol. The van der Waals surface area contributed by atoms with Crippen LogP contribution in [0.5, 0.6) is 5.75 Å². The summed E-state index contributed by atoms with van der Waals surface area (Å²) in [6, 6.07) is 5.86. The van der Waals surface area contributed by atoms with Gasteiger partial charge in [-0.05, 0) is 48.3 Å². The molecule has 0 spiro atoms. The maximum atomic E-state index is 12.9. The van der Waals surface area contributed by atoms with E-state index in [1.54, 1.807) is 24.3 Å². The fourth-order valence-corrected chi connectivity index (χ4v) is 3.87. The Hall–Kier alpha value is -2.04. The van der Waals surface area contributed by atoms with Gasteiger partial charge in [0.05, 0.1) is 0 Å². The highest BCUT2D eigenvalue weighted by atomic mass is 16.3. The minimum atomic E-state index is -0.734. The van der Waals surface area contributed by atoms with E-state index in [0.29, 0.717) is 24.2 Å². The number of nitrogens with two attached hydrogens (primary N) is 1. The van der Waals surface area contributed by atoms with Crippen LogP contribution in [-0.2, 0) is 16.0 Å². The number of hydrogen-bond donors (Lipinski definition) is 3. The molecule has 5 heteroatoms. The molecule has 5 nitrogen and oxygen atoms in total. The molecule has 0 aliphatic heterocycles. The van der Waals surface area contributed by atoms with Gasteiger partial charge in [-0.25, -0.2) is 0 Å². The van der Waals surface area contributed by atoms with E-state index >= 15 is 0 Å². The molecule has 138 valence electrons. The highest BCUT2D eigenvalue weighted by Gasteiger charge is 2.36. The Bertz CT molecular complexity index is 597. The zero-order valence-corrected chi connectivity index (χ0v) is 15.4. The van der Waals surface area contributed by atoms with Crippen LogP contribution in [-0.4, -0.2) is 23.0 Å². The number of amides is 2. The van der Waals surface area contributed by atoms with Gasteiger partial charge in [0, 0.05) is 12.3 Å². The third-order valence-electron chi connectivity index (χ3n) is 5.40. The summed E-state index contributed by atoms with van der Waals surface area (Å²) in [6.45, 7) is 6.49. The maximum Gasteiger partial charge on any atom is 0.240 e. The second-order valence-corrected chi connectivity index (χ2v) is 7.77. The monoisotopic (exact) mass is 346 g/mol. The molecule has 2 amide bonds. The molecule has 2 rings (SSSR count). The van der Waals surface area contributed by atoms with Crippen molar-refractivity contribution in [1.29, 1.82) is 0 Å². The van der Waals surface area contributed by atoms with E-state index in [-0.39, 0.29) is 17.6 Å². The molecule has 0 radical (unpaired) electrons. The normalized spacial score (nSPS) is 24.7. The zero-order valence-electron chi connectivity index (χ0n) is 15.4. The van der Waals surface area contributed by atoms with Crippen molar-refractivity contribution >= 4 is 11.8 Å². The summed E-state index contributed by atoms with van der Waals surface area (Å²) in [7, 11) is 0. The number of aromatic hydroxyl groups is 1. The summed E-state index contributed by atoms with van der Waals surface area (Å²) in [6.07, 6.45) is 3.39. The summed E-state index contributed by atoms with van der Waals surface area (Å²) in [5.41, 5.74) is 6.36. The van der Waals surface area contributed by atoms with Crippen LogP contribution >= 0.6 is 0 Å². The van der Waals surface area contributed by atoms with Gasteiger partial charge < -0.3 is 16.2 Å². The third-order valence-corrected chi connectivity index (χ3v) is 5.40. The Morgan fingerprint density at radius 3 is 2.44 bits per heavy atom. The lowest BCUT2D eigenvalue weighted by Gasteiger charge is -2.37. The largest absolute Gasteiger partial charge is 0.508 e. The van der Waals surface area contributed by atoms with Gasteiger partial charge in [0.1, 0.15) is 11.8 Å². The van der Waals surface area contributed by atoms with Crippen LogP contribution in [0.3, 0.4) is 0 Å². The number of phenolic OH excluding ortho intramolecular Hbond substituents is 1. The highest BCUT2D eigenvalue weighted by molar-refractivity contribution is 5.88.